The van der Waals surface area contributed by atoms with Gasteiger partial charge in [-0.25, -0.2) is 0 Å². The molecule has 0 amide bonds. The van der Waals surface area contributed by atoms with Crippen LogP contribution >= 0.6 is 56.7 Å². The van der Waals surface area contributed by atoms with E-state index < -0.39 is 0 Å². The van der Waals surface area contributed by atoms with E-state index in [4.69, 9.17) is 0 Å². The molecule has 0 fully saturated rings. The van der Waals surface area contributed by atoms with Crippen molar-refractivity contribution in [1.29, 1.82) is 0 Å². The van der Waals surface area contributed by atoms with Crippen molar-refractivity contribution < 1.29 is 0 Å². The average Bonchev–Trinajstić information content (AvgIpc) is 3.62. The van der Waals surface area contributed by atoms with Crippen LogP contribution in [-0.4, -0.2) is 0 Å². The summed E-state index contributed by atoms with van der Waals surface area (Å²) in [7, 11) is 0. The fourth-order valence-electron chi connectivity index (χ4n) is 4.76. The van der Waals surface area contributed by atoms with Crippen LogP contribution < -0.4 is 0 Å². The lowest BCUT2D eigenvalue weighted by Gasteiger charge is -2.12. The van der Waals surface area contributed by atoms with Gasteiger partial charge in [-0.05, 0) is 103 Å². The van der Waals surface area contributed by atoms with Crippen LogP contribution in [-0.2, 0) is 0 Å². The van der Waals surface area contributed by atoms with E-state index in [0.717, 1.165) is 0 Å². The van der Waals surface area contributed by atoms with Gasteiger partial charge < -0.3 is 0 Å². The highest BCUT2D eigenvalue weighted by molar-refractivity contribution is 7.30. The van der Waals surface area contributed by atoms with Gasteiger partial charge in [0.1, 0.15) is 0 Å². The van der Waals surface area contributed by atoms with Gasteiger partial charge in [0.2, 0.25) is 0 Å². The van der Waals surface area contributed by atoms with E-state index in [9.17, 15) is 0 Å². The van der Waals surface area contributed by atoms with E-state index in [1.54, 1.807) is 0 Å². The number of aryl methyl sites for hydroxylation is 3. The minimum atomic E-state index is 0.537. The third-order valence-corrected chi connectivity index (χ3v) is 12.6. The van der Waals surface area contributed by atoms with Crippen LogP contribution in [0.25, 0.3) is 49.1 Å². The molecule has 0 aliphatic heterocycles. The fourth-order valence-corrected chi connectivity index (χ4v) is 10.5. The van der Waals surface area contributed by atoms with Gasteiger partial charge in [0.15, 0.2) is 0 Å². The largest absolute Gasteiger partial charge is 0.140 e. The molecule has 0 N–H and O–H groups in total. The Hall–Kier alpha value is -2.02. The number of rotatable bonds is 5. The second-order valence-electron chi connectivity index (χ2n) is 9.33. The third kappa shape index (κ3) is 4.28. The van der Waals surface area contributed by atoms with Crippen molar-refractivity contribution in [3.05, 3.63) is 82.2 Å². The van der Waals surface area contributed by atoms with E-state index in [-0.39, 0.29) is 0 Å². The fraction of sp³-hybridized carbons (Fsp3) is 0.200. The summed E-state index contributed by atoms with van der Waals surface area (Å²) < 4.78 is 1.47. The maximum Gasteiger partial charge on any atom is 0.0455 e. The Morgan fingerprint density at radius 3 is 1.40 bits per heavy atom. The molecule has 0 radical (unpaired) electrons. The molecule has 0 atom stereocenters. The standard InChI is InChI=1S/C30H26S5/c1-16(2)29-18(4)14-17(3)20-15-28(35-30(20)29)27-13-12-26(34-27)25-11-10-24(33-25)23-9-8-22(32-23)21-7-6-19(5)31-21/h6-16H,1-5H3. The van der Waals surface area contributed by atoms with Gasteiger partial charge >= 0.3 is 0 Å². The molecule has 5 heteroatoms. The number of fused-ring (bicyclic) bond motifs is 1. The predicted octanol–water partition coefficient (Wildman–Crippen LogP) is 11.9. The number of benzene rings is 1. The van der Waals surface area contributed by atoms with Crippen LogP contribution in [0, 0.1) is 20.8 Å². The average molecular weight is 547 g/mol. The molecule has 0 bridgehead atoms. The van der Waals surface area contributed by atoms with Crippen LogP contribution in [0.2, 0.25) is 0 Å². The molecular formula is C30H26S5. The molecule has 0 aliphatic carbocycles. The van der Waals surface area contributed by atoms with Gasteiger partial charge in [-0.15, -0.1) is 56.7 Å². The van der Waals surface area contributed by atoms with Gasteiger partial charge in [0.25, 0.3) is 0 Å². The molecule has 0 unspecified atom stereocenters. The van der Waals surface area contributed by atoms with Crippen molar-refractivity contribution in [2.75, 3.05) is 0 Å². The minimum Gasteiger partial charge on any atom is -0.140 e. The molecule has 5 heterocycles. The number of thiophene rings is 5. The Balaban J connectivity index is 1.31. The van der Waals surface area contributed by atoms with Gasteiger partial charge in [-0.1, -0.05) is 19.9 Å². The summed E-state index contributed by atoms with van der Waals surface area (Å²) in [6, 6.07) is 23.0. The highest BCUT2D eigenvalue weighted by Crippen LogP contribution is 2.46. The van der Waals surface area contributed by atoms with Crippen molar-refractivity contribution in [2.45, 2.75) is 40.5 Å². The monoisotopic (exact) mass is 546 g/mol. The highest BCUT2D eigenvalue weighted by atomic mass is 32.1. The molecule has 35 heavy (non-hydrogen) atoms. The van der Waals surface area contributed by atoms with Gasteiger partial charge in [-0.2, -0.15) is 0 Å². The van der Waals surface area contributed by atoms with E-state index in [2.05, 4.69) is 95.3 Å². The van der Waals surface area contributed by atoms with E-state index in [1.165, 1.54) is 70.7 Å². The van der Waals surface area contributed by atoms with Crippen LogP contribution in [0.4, 0.5) is 0 Å². The lowest BCUT2D eigenvalue weighted by molar-refractivity contribution is 0.868. The number of hydrogen-bond acceptors (Lipinski definition) is 5. The van der Waals surface area contributed by atoms with Crippen molar-refractivity contribution in [2.24, 2.45) is 0 Å². The Bertz CT molecular complexity index is 1660. The first-order valence-electron chi connectivity index (χ1n) is 11.8. The lowest BCUT2D eigenvalue weighted by Crippen LogP contribution is -1.93. The highest BCUT2D eigenvalue weighted by Gasteiger charge is 2.17. The van der Waals surface area contributed by atoms with Crippen LogP contribution in [0.5, 0.6) is 0 Å². The van der Waals surface area contributed by atoms with Crippen LogP contribution in [0.1, 0.15) is 41.3 Å². The third-order valence-electron chi connectivity index (χ3n) is 6.37. The summed E-state index contributed by atoms with van der Waals surface area (Å²) in [6.07, 6.45) is 0. The zero-order chi connectivity index (χ0) is 24.3. The van der Waals surface area contributed by atoms with Gasteiger partial charge in [0.05, 0.1) is 0 Å². The summed E-state index contributed by atoms with van der Waals surface area (Å²) in [5.74, 6) is 0.537. The summed E-state index contributed by atoms with van der Waals surface area (Å²) in [6.45, 7) is 11.3. The zero-order valence-corrected chi connectivity index (χ0v) is 24.5. The Morgan fingerprint density at radius 2 is 0.943 bits per heavy atom. The summed E-state index contributed by atoms with van der Waals surface area (Å²) in [5, 5.41) is 1.42. The molecule has 0 saturated carbocycles. The summed E-state index contributed by atoms with van der Waals surface area (Å²) >= 11 is 9.56. The number of hydrogen-bond donors (Lipinski definition) is 0. The van der Waals surface area contributed by atoms with Crippen molar-refractivity contribution in [3.8, 4) is 39.0 Å². The smallest absolute Gasteiger partial charge is 0.0455 e. The second-order valence-corrected chi connectivity index (χ2v) is 14.9. The SMILES string of the molecule is Cc1ccc(-c2ccc(-c3ccc(-c4ccc(-c5cc6c(C)cc(C)c(C(C)C)c6s5)s4)s3)s2)s1. The first-order chi connectivity index (χ1) is 16.9. The van der Waals surface area contributed by atoms with E-state index >= 15 is 0 Å². The van der Waals surface area contributed by atoms with Gasteiger partial charge in [0, 0.05) is 48.6 Å². The first-order valence-corrected chi connectivity index (χ1v) is 15.9. The topological polar surface area (TPSA) is 0 Å². The molecule has 0 saturated heterocycles. The molecule has 0 spiro atoms. The van der Waals surface area contributed by atoms with Crippen LogP contribution in [0.15, 0.2) is 60.7 Å². The van der Waals surface area contributed by atoms with Crippen LogP contribution in [0.3, 0.4) is 0 Å². The molecule has 0 aliphatic rings. The van der Waals surface area contributed by atoms with E-state index in [1.807, 2.05) is 56.7 Å². The molecule has 0 nitrogen and oxygen atoms in total. The predicted molar refractivity (Wildman–Crippen MR) is 163 cm³/mol. The molecule has 6 aromatic rings. The van der Waals surface area contributed by atoms with E-state index in [0.29, 0.717) is 5.92 Å². The minimum absolute atomic E-state index is 0.537. The maximum atomic E-state index is 2.41. The Kier molecular flexibility index (Phi) is 6.10. The second kappa shape index (κ2) is 9.13. The van der Waals surface area contributed by atoms with Crippen molar-refractivity contribution >= 4 is 66.8 Å². The molecule has 176 valence electrons. The molecule has 6 rings (SSSR count). The van der Waals surface area contributed by atoms with Crippen molar-refractivity contribution in [3.63, 3.8) is 0 Å². The Labute approximate surface area is 227 Å². The first kappa shape index (κ1) is 23.4. The molecular weight excluding hydrogens is 521 g/mol. The quantitative estimate of drug-likeness (QED) is 0.202. The molecule has 1 aromatic carbocycles. The Morgan fingerprint density at radius 1 is 0.486 bits per heavy atom. The summed E-state index contributed by atoms with van der Waals surface area (Å²) in [5.41, 5.74) is 4.31. The normalized spacial score (nSPS) is 11.8. The summed E-state index contributed by atoms with van der Waals surface area (Å²) in [4.78, 5) is 12.3. The molecule has 5 aromatic heterocycles. The lowest BCUT2D eigenvalue weighted by atomic mass is 9.94. The van der Waals surface area contributed by atoms with Gasteiger partial charge in [-0.3, -0.25) is 0 Å². The maximum absolute atomic E-state index is 2.41. The zero-order valence-electron chi connectivity index (χ0n) is 20.4. The van der Waals surface area contributed by atoms with Crippen molar-refractivity contribution in [1.82, 2.24) is 0 Å².